The largest absolute Gasteiger partial charge is 0.465 e. The monoisotopic (exact) mass is 364 g/mol. The second kappa shape index (κ2) is 8.01. The minimum absolute atomic E-state index is 0.184. The van der Waals surface area contributed by atoms with Crippen LogP contribution in [0.25, 0.3) is 0 Å². The molecule has 1 aromatic heterocycles. The van der Waals surface area contributed by atoms with Gasteiger partial charge < -0.3 is 19.8 Å². The molecule has 3 rings (SSSR count). The summed E-state index contributed by atoms with van der Waals surface area (Å²) < 4.78 is 9.69. The number of rotatable bonds is 5. The van der Waals surface area contributed by atoms with Crippen molar-refractivity contribution in [3.8, 4) is 0 Å². The van der Waals surface area contributed by atoms with Gasteiger partial charge in [0.05, 0.1) is 18.9 Å². The zero-order valence-corrected chi connectivity index (χ0v) is 14.4. The fraction of sp³-hybridized carbons (Fsp3) is 0.0500. The molecule has 3 aromatic rings. The van der Waals surface area contributed by atoms with E-state index in [4.69, 9.17) is 4.42 Å². The van der Waals surface area contributed by atoms with Crippen LogP contribution in [0.5, 0.6) is 0 Å². The second-order valence-electron chi connectivity index (χ2n) is 5.54. The molecule has 0 atom stereocenters. The highest BCUT2D eigenvalue weighted by molar-refractivity contribution is 6.06. The molecule has 2 amide bonds. The molecule has 0 saturated carbocycles. The van der Waals surface area contributed by atoms with E-state index in [1.54, 1.807) is 54.6 Å². The van der Waals surface area contributed by atoms with Crippen LogP contribution in [0.3, 0.4) is 0 Å². The first-order chi connectivity index (χ1) is 13.1. The lowest BCUT2D eigenvalue weighted by Gasteiger charge is -2.09. The van der Waals surface area contributed by atoms with Gasteiger partial charge in [0.25, 0.3) is 11.8 Å². The van der Waals surface area contributed by atoms with Crippen LogP contribution in [-0.2, 0) is 4.74 Å². The highest BCUT2D eigenvalue weighted by atomic mass is 16.5. The summed E-state index contributed by atoms with van der Waals surface area (Å²) in [5.74, 6) is -1.12. The highest BCUT2D eigenvalue weighted by Crippen LogP contribution is 2.18. The number of ether oxygens (including phenoxy) is 1. The minimum Gasteiger partial charge on any atom is -0.465 e. The van der Waals surface area contributed by atoms with Crippen molar-refractivity contribution in [3.63, 3.8) is 0 Å². The van der Waals surface area contributed by atoms with Crippen LogP contribution in [0, 0.1) is 0 Å². The zero-order valence-electron chi connectivity index (χ0n) is 14.4. The average molecular weight is 364 g/mol. The summed E-state index contributed by atoms with van der Waals surface area (Å²) in [5.41, 5.74) is 1.57. The van der Waals surface area contributed by atoms with Gasteiger partial charge in [-0.2, -0.15) is 0 Å². The molecule has 0 fully saturated rings. The van der Waals surface area contributed by atoms with Gasteiger partial charge in [-0.3, -0.25) is 9.59 Å². The van der Waals surface area contributed by atoms with Crippen LogP contribution in [0.15, 0.2) is 71.3 Å². The minimum atomic E-state index is -0.521. The number of benzene rings is 2. The molecule has 0 spiro atoms. The van der Waals surface area contributed by atoms with E-state index in [0.717, 1.165) is 0 Å². The molecule has 0 unspecified atom stereocenters. The number of furan rings is 1. The molecule has 27 heavy (non-hydrogen) atoms. The number of methoxy groups -OCH3 is 1. The molecular weight excluding hydrogens is 348 g/mol. The summed E-state index contributed by atoms with van der Waals surface area (Å²) >= 11 is 0. The number of nitrogens with one attached hydrogen (secondary N) is 2. The Morgan fingerprint density at radius 2 is 1.48 bits per heavy atom. The number of esters is 1. The molecule has 0 saturated heterocycles. The van der Waals surface area contributed by atoms with E-state index in [0.29, 0.717) is 16.9 Å². The third-order valence-electron chi connectivity index (χ3n) is 3.67. The first-order valence-corrected chi connectivity index (χ1v) is 8.01. The quantitative estimate of drug-likeness (QED) is 0.675. The number of carbonyl (C=O) groups excluding carboxylic acids is 3. The molecule has 7 heteroatoms. The summed E-state index contributed by atoms with van der Waals surface area (Å²) in [6, 6.07) is 16.0. The van der Waals surface area contributed by atoms with Crippen molar-refractivity contribution in [1.29, 1.82) is 0 Å². The Morgan fingerprint density at radius 3 is 2.15 bits per heavy atom. The molecule has 1 heterocycles. The van der Waals surface area contributed by atoms with Crippen molar-refractivity contribution in [1.82, 2.24) is 0 Å². The Hall–Kier alpha value is -3.87. The predicted octanol–water partition coefficient (Wildman–Crippen LogP) is 3.57. The van der Waals surface area contributed by atoms with Gasteiger partial charge in [0.1, 0.15) is 0 Å². The van der Waals surface area contributed by atoms with Gasteiger partial charge in [0.15, 0.2) is 5.76 Å². The van der Waals surface area contributed by atoms with E-state index < -0.39 is 17.8 Å². The van der Waals surface area contributed by atoms with E-state index in [1.807, 2.05) is 0 Å². The van der Waals surface area contributed by atoms with E-state index in [2.05, 4.69) is 15.4 Å². The number of carbonyl (C=O) groups is 3. The summed E-state index contributed by atoms with van der Waals surface area (Å²) in [7, 11) is 1.28. The molecule has 0 bridgehead atoms. The molecule has 0 radical (unpaired) electrons. The molecule has 7 nitrogen and oxygen atoms in total. The summed E-state index contributed by atoms with van der Waals surface area (Å²) in [5, 5.41) is 5.41. The molecule has 0 aliphatic carbocycles. The van der Waals surface area contributed by atoms with E-state index in [9.17, 15) is 14.4 Å². The van der Waals surface area contributed by atoms with Crippen LogP contribution < -0.4 is 10.6 Å². The Morgan fingerprint density at radius 1 is 0.815 bits per heavy atom. The lowest BCUT2D eigenvalue weighted by atomic mass is 10.1. The van der Waals surface area contributed by atoms with Crippen LogP contribution in [0.1, 0.15) is 31.3 Å². The standard InChI is InChI=1S/C20H16N2O5/c1-26-20(25)14-6-2-5-13(11-14)18(23)21-15-7-3-8-16(12-15)22-19(24)17-9-4-10-27-17/h2-12H,1H3,(H,21,23)(H,22,24). The first-order valence-electron chi connectivity index (χ1n) is 8.01. The molecule has 0 aliphatic heterocycles. The van der Waals surface area contributed by atoms with Crippen molar-refractivity contribution in [2.75, 3.05) is 17.7 Å². The molecule has 136 valence electrons. The normalized spacial score (nSPS) is 10.1. The zero-order chi connectivity index (χ0) is 19.2. The summed E-state index contributed by atoms with van der Waals surface area (Å²) in [6.45, 7) is 0. The van der Waals surface area contributed by atoms with Crippen LogP contribution >= 0.6 is 0 Å². The maximum absolute atomic E-state index is 12.4. The summed E-state index contributed by atoms with van der Waals surface area (Å²) in [6.07, 6.45) is 1.41. The maximum atomic E-state index is 12.4. The topological polar surface area (TPSA) is 97.6 Å². The Balaban J connectivity index is 1.71. The highest BCUT2D eigenvalue weighted by Gasteiger charge is 2.12. The van der Waals surface area contributed by atoms with Crippen molar-refractivity contribution in [3.05, 3.63) is 83.8 Å². The number of amides is 2. The smallest absolute Gasteiger partial charge is 0.337 e. The van der Waals surface area contributed by atoms with Gasteiger partial charge in [-0.1, -0.05) is 12.1 Å². The Bertz CT molecular complexity index is 980. The second-order valence-corrected chi connectivity index (χ2v) is 5.54. The predicted molar refractivity (Wildman–Crippen MR) is 98.8 cm³/mol. The van der Waals surface area contributed by atoms with Crippen molar-refractivity contribution in [2.45, 2.75) is 0 Å². The van der Waals surface area contributed by atoms with Gasteiger partial charge >= 0.3 is 5.97 Å². The van der Waals surface area contributed by atoms with Gasteiger partial charge in [-0.15, -0.1) is 0 Å². The Kier molecular flexibility index (Phi) is 5.32. The Labute approximate surface area is 154 Å². The fourth-order valence-electron chi connectivity index (χ4n) is 2.38. The molecule has 2 aromatic carbocycles. The van der Waals surface area contributed by atoms with Gasteiger partial charge in [0, 0.05) is 16.9 Å². The van der Waals surface area contributed by atoms with E-state index in [1.165, 1.54) is 19.4 Å². The first kappa shape index (κ1) is 17.9. The van der Waals surface area contributed by atoms with Crippen molar-refractivity contribution >= 4 is 29.2 Å². The molecule has 2 N–H and O–H groups in total. The fourth-order valence-corrected chi connectivity index (χ4v) is 2.38. The molecule has 0 aliphatic rings. The molecular formula is C20H16N2O5. The van der Waals surface area contributed by atoms with Crippen LogP contribution in [0.4, 0.5) is 11.4 Å². The van der Waals surface area contributed by atoms with E-state index in [-0.39, 0.29) is 11.3 Å². The number of hydrogen-bond acceptors (Lipinski definition) is 5. The van der Waals surface area contributed by atoms with Gasteiger partial charge in [-0.05, 0) is 48.5 Å². The lowest BCUT2D eigenvalue weighted by Crippen LogP contribution is -2.14. The number of anilines is 2. The van der Waals surface area contributed by atoms with Crippen LogP contribution in [0.2, 0.25) is 0 Å². The third kappa shape index (κ3) is 4.40. The van der Waals surface area contributed by atoms with Crippen LogP contribution in [-0.4, -0.2) is 24.9 Å². The SMILES string of the molecule is COC(=O)c1cccc(C(=O)Nc2cccc(NC(=O)c3ccco3)c2)c1. The van der Waals surface area contributed by atoms with Gasteiger partial charge in [0.2, 0.25) is 0 Å². The van der Waals surface area contributed by atoms with Gasteiger partial charge in [-0.25, -0.2) is 4.79 Å². The van der Waals surface area contributed by atoms with Crippen molar-refractivity contribution < 1.29 is 23.5 Å². The summed E-state index contributed by atoms with van der Waals surface area (Å²) in [4.78, 5) is 36.0. The average Bonchev–Trinajstić information content (AvgIpc) is 3.23. The maximum Gasteiger partial charge on any atom is 0.337 e. The lowest BCUT2D eigenvalue weighted by molar-refractivity contribution is 0.0600. The van der Waals surface area contributed by atoms with E-state index >= 15 is 0 Å². The third-order valence-corrected chi connectivity index (χ3v) is 3.67. The van der Waals surface area contributed by atoms with Crippen molar-refractivity contribution in [2.24, 2.45) is 0 Å². The number of hydrogen-bond donors (Lipinski definition) is 2.